The third kappa shape index (κ3) is 73.5. The Morgan fingerprint density at radius 1 is 0.310 bits per heavy atom. The van der Waals surface area contributed by atoms with Gasteiger partial charge in [0.15, 0.2) is 0 Å². The van der Waals surface area contributed by atoms with Crippen LogP contribution in [0.15, 0.2) is 12.2 Å². The molecule has 87 heavy (non-hydrogen) atoms. The van der Waals surface area contributed by atoms with Crippen molar-refractivity contribution in [3.63, 3.8) is 0 Å². The lowest BCUT2D eigenvalue weighted by molar-refractivity contribution is -0.143. The molecule has 0 aliphatic heterocycles. The fraction of sp³-hybridized carbons (Fsp3) is 0.951. The summed E-state index contributed by atoms with van der Waals surface area (Å²) in [6, 6.07) is -0.625. The van der Waals surface area contributed by atoms with Crippen molar-refractivity contribution in [1.82, 2.24) is 5.32 Å². The minimum Gasteiger partial charge on any atom is -0.466 e. The maximum atomic E-state index is 12.6. The van der Waals surface area contributed by atoms with Crippen LogP contribution in [-0.2, 0) is 14.3 Å². The first-order valence-electron chi connectivity index (χ1n) is 40.5. The number of amides is 1. The average molecular weight is 1230 g/mol. The van der Waals surface area contributed by atoms with E-state index in [1.165, 1.54) is 405 Å². The summed E-state index contributed by atoms with van der Waals surface area (Å²) in [4.78, 5) is 24.6. The van der Waals surface area contributed by atoms with E-state index in [0.717, 1.165) is 38.5 Å². The normalized spacial score (nSPS) is 12.5. The van der Waals surface area contributed by atoms with Gasteiger partial charge in [-0.05, 0) is 32.1 Å². The predicted octanol–water partition coefficient (Wildman–Crippen LogP) is 26.7. The van der Waals surface area contributed by atoms with Gasteiger partial charge in [-0.2, -0.15) is 0 Å². The molecule has 2 unspecified atom stereocenters. The maximum Gasteiger partial charge on any atom is 0.305 e. The van der Waals surface area contributed by atoms with Gasteiger partial charge < -0.3 is 20.3 Å². The van der Waals surface area contributed by atoms with Gasteiger partial charge >= 0.3 is 5.97 Å². The molecule has 1 amide bonds. The lowest BCUT2D eigenvalue weighted by Crippen LogP contribution is -2.45. The minimum atomic E-state index is -0.842. The SMILES string of the molecule is CCCCCCCCCCCCCCCCCCCCCCCCC/C=C/C(O)C(CO)NC(=O)CCCCCCCCCCCCCCCCCCCCCCCCCCCCCCCCCCCOC(=O)CCCCCCCCCCCCCC. The molecular weight excluding hydrogens is 1070 g/mol. The third-order valence-electron chi connectivity index (χ3n) is 19.3. The molecule has 0 aliphatic rings. The van der Waals surface area contributed by atoms with Crippen LogP contribution in [-0.4, -0.2) is 47.4 Å². The van der Waals surface area contributed by atoms with E-state index in [0.29, 0.717) is 19.4 Å². The van der Waals surface area contributed by atoms with Crippen molar-refractivity contribution in [3.05, 3.63) is 12.2 Å². The van der Waals surface area contributed by atoms with Crippen LogP contribution in [0.25, 0.3) is 0 Å². The Hall–Kier alpha value is -1.40. The molecule has 0 radical (unpaired) electrons. The van der Waals surface area contributed by atoms with Crippen LogP contribution in [0.2, 0.25) is 0 Å². The third-order valence-corrected chi connectivity index (χ3v) is 19.3. The average Bonchev–Trinajstić information content (AvgIpc) is 3.52. The maximum absolute atomic E-state index is 12.6. The molecule has 0 aliphatic carbocycles. The predicted molar refractivity (Wildman–Crippen MR) is 384 cm³/mol. The van der Waals surface area contributed by atoms with E-state index >= 15 is 0 Å². The summed E-state index contributed by atoms with van der Waals surface area (Å²) in [5, 5.41) is 23.3. The number of aliphatic hydroxyl groups excluding tert-OH is 2. The van der Waals surface area contributed by atoms with Gasteiger partial charge in [-0.25, -0.2) is 0 Å². The number of esters is 1. The van der Waals surface area contributed by atoms with Gasteiger partial charge in [-0.15, -0.1) is 0 Å². The topological polar surface area (TPSA) is 95.9 Å². The Balaban J connectivity index is 3.34. The number of ether oxygens (including phenoxy) is 1. The summed E-state index contributed by atoms with van der Waals surface area (Å²) in [6.07, 6.45) is 97.8. The number of aliphatic hydroxyl groups is 2. The molecular formula is C81H159NO5. The Morgan fingerprint density at radius 2 is 0.529 bits per heavy atom. The van der Waals surface area contributed by atoms with Crippen LogP contribution in [0, 0.1) is 0 Å². The van der Waals surface area contributed by atoms with E-state index in [1.54, 1.807) is 6.08 Å². The second kappa shape index (κ2) is 77.1. The first-order valence-corrected chi connectivity index (χ1v) is 40.5. The number of nitrogens with one attached hydrogen (secondary N) is 1. The highest BCUT2D eigenvalue weighted by Crippen LogP contribution is 2.20. The van der Waals surface area contributed by atoms with Gasteiger partial charge in [0.05, 0.1) is 25.4 Å². The van der Waals surface area contributed by atoms with E-state index in [-0.39, 0.29) is 18.5 Å². The molecule has 0 aromatic heterocycles. The molecule has 0 fully saturated rings. The Labute approximate surface area is 546 Å². The molecule has 0 saturated carbocycles. The Bertz CT molecular complexity index is 1320. The quantitative estimate of drug-likeness (QED) is 0.0320. The summed E-state index contributed by atoms with van der Waals surface area (Å²) in [7, 11) is 0. The van der Waals surface area contributed by atoms with Crippen molar-refractivity contribution < 1.29 is 24.5 Å². The van der Waals surface area contributed by atoms with E-state index in [1.807, 2.05) is 6.08 Å². The first kappa shape index (κ1) is 85.6. The second-order valence-corrected chi connectivity index (χ2v) is 28.1. The van der Waals surface area contributed by atoms with E-state index in [2.05, 4.69) is 19.2 Å². The highest BCUT2D eigenvalue weighted by Gasteiger charge is 2.18. The molecule has 518 valence electrons. The van der Waals surface area contributed by atoms with Gasteiger partial charge in [0, 0.05) is 12.8 Å². The van der Waals surface area contributed by atoms with Crippen LogP contribution in [0.3, 0.4) is 0 Å². The molecule has 0 heterocycles. The van der Waals surface area contributed by atoms with Gasteiger partial charge in [-0.3, -0.25) is 9.59 Å². The number of hydrogen-bond donors (Lipinski definition) is 3. The second-order valence-electron chi connectivity index (χ2n) is 28.1. The first-order chi connectivity index (χ1) is 43.0. The molecule has 0 bridgehead atoms. The Morgan fingerprint density at radius 3 is 0.782 bits per heavy atom. The monoisotopic (exact) mass is 1230 g/mol. The van der Waals surface area contributed by atoms with E-state index in [9.17, 15) is 19.8 Å². The summed E-state index contributed by atoms with van der Waals surface area (Å²) in [5.74, 6) is -0.0338. The van der Waals surface area contributed by atoms with Crippen LogP contribution >= 0.6 is 0 Å². The number of allylic oxidation sites excluding steroid dienone is 1. The van der Waals surface area contributed by atoms with Crippen LogP contribution in [0.5, 0.6) is 0 Å². The molecule has 3 N–H and O–H groups in total. The van der Waals surface area contributed by atoms with Crippen molar-refractivity contribution in [2.45, 2.75) is 482 Å². The lowest BCUT2D eigenvalue weighted by atomic mass is 10.0. The summed E-state index contributed by atoms with van der Waals surface area (Å²) >= 11 is 0. The summed E-state index contributed by atoms with van der Waals surface area (Å²) in [5.41, 5.74) is 0. The van der Waals surface area contributed by atoms with Crippen molar-refractivity contribution in [1.29, 1.82) is 0 Å². The highest BCUT2D eigenvalue weighted by molar-refractivity contribution is 5.76. The van der Waals surface area contributed by atoms with Crippen LogP contribution in [0.1, 0.15) is 470 Å². The van der Waals surface area contributed by atoms with Crippen molar-refractivity contribution >= 4 is 11.9 Å². The van der Waals surface area contributed by atoms with Gasteiger partial charge in [0.2, 0.25) is 5.91 Å². The fourth-order valence-corrected chi connectivity index (χ4v) is 13.2. The Kier molecular flexibility index (Phi) is 75.8. The van der Waals surface area contributed by atoms with Crippen LogP contribution < -0.4 is 5.32 Å². The van der Waals surface area contributed by atoms with Crippen LogP contribution in [0.4, 0.5) is 0 Å². The smallest absolute Gasteiger partial charge is 0.305 e. The van der Waals surface area contributed by atoms with E-state index < -0.39 is 12.1 Å². The molecule has 0 saturated heterocycles. The fourth-order valence-electron chi connectivity index (χ4n) is 13.2. The number of carbonyl (C=O) groups is 2. The van der Waals surface area contributed by atoms with Crippen molar-refractivity contribution in [3.8, 4) is 0 Å². The number of rotatable bonds is 77. The molecule has 6 heteroatoms. The summed E-state index contributed by atoms with van der Waals surface area (Å²) < 4.78 is 5.49. The van der Waals surface area contributed by atoms with Gasteiger partial charge in [0.1, 0.15) is 0 Å². The largest absolute Gasteiger partial charge is 0.466 e. The molecule has 0 aromatic carbocycles. The van der Waals surface area contributed by atoms with Gasteiger partial charge in [0.25, 0.3) is 0 Å². The molecule has 0 rings (SSSR count). The zero-order chi connectivity index (χ0) is 62.8. The van der Waals surface area contributed by atoms with Gasteiger partial charge in [-0.1, -0.05) is 437 Å². The zero-order valence-corrected chi connectivity index (χ0v) is 59.5. The highest BCUT2D eigenvalue weighted by atomic mass is 16.5. The molecule has 0 aromatic rings. The van der Waals surface area contributed by atoms with Crippen molar-refractivity contribution in [2.24, 2.45) is 0 Å². The lowest BCUT2D eigenvalue weighted by Gasteiger charge is -2.20. The van der Waals surface area contributed by atoms with Crippen molar-refractivity contribution in [2.75, 3.05) is 13.2 Å². The zero-order valence-electron chi connectivity index (χ0n) is 59.5. The molecule has 2 atom stereocenters. The van der Waals surface area contributed by atoms with E-state index in [4.69, 9.17) is 4.74 Å². The number of carbonyl (C=O) groups excluding carboxylic acids is 2. The minimum absolute atomic E-state index is 0.0234. The molecule has 6 nitrogen and oxygen atoms in total. The number of unbranched alkanes of at least 4 members (excludes halogenated alkanes) is 66. The molecule has 0 spiro atoms. The standard InChI is InChI=1S/C81H159NO5/c1-3-5-7-9-11-13-15-17-18-19-20-21-22-32-35-38-41-44-47-50-53-57-61-65-69-73-79(84)78(77-83)82-80(85)74-70-66-62-58-54-51-48-45-42-39-36-33-30-28-26-24-23-25-27-29-31-34-37-40-43-46-49-52-56-60-64-68-72-76-87-81(86)75-71-67-63-59-55-16-14-12-10-8-6-4-2/h69,73,78-79,83-84H,3-68,70-72,74-77H2,1-2H3,(H,82,85)/b73-69+. The summed E-state index contributed by atoms with van der Waals surface area (Å²) in [6.45, 7) is 4.96. The number of hydrogen-bond acceptors (Lipinski definition) is 5.